The van der Waals surface area contributed by atoms with Crippen molar-refractivity contribution in [1.29, 1.82) is 0 Å². The molecule has 1 aromatic heterocycles. The summed E-state index contributed by atoms with van der Waals surface area (Å²) in [7, 11) is 1.32. The number of Topliss-reactive ketones (excluding diaryl/α,β-unsaturated/α-hetero) is 1. The zero-order valence-electron chi connectivity index (χ0n) is 23.5. The van der Waals surface area contributed by atoms with Gasteiger partial charge in [-0.25, -0.2) is 4.39 Å². The number of benzene rings is 4. The molecule has 5 aromatic rings. The molecule has 0 aliphatic carbocycles. The number of hydrogen-bond donors (Lipinski definition) is 1. The van der Waals surface area contributed by atoms with Gasteiger partial charge in [0.25, 0.3) is 5.78 Å². The molecule has 45 heavy (non-hydrogen) atoms. The molecule has 226 valence electrons. The smallest absolute Gasteiger partial charge is 0.301 e. The number of carbonyl (C=O) groups is 2. The third-order valence-corrected chi connectivity index (χ3v) is 9.28. The number of ether oxygens (including phenoxy) is 2. The summed E-state index contributed by atoms with van der Waals surface area (Å²) in [5.74, 6) is -1.57. The van der Waals surface area contributed by atoms with Crippen LogP contribution in [0.15, 0.2) is 107 Å². The third-order valence-electron chi connectivity index (χ3n) is 6.90. The van der Waals surface area contributed by atoms with E-state index in [4.69, 9.17) is 21.1 Å². The van der Waals surface area contributed by atoms with Gasteiger partial charge in [-0.3, -0.25) is 14.5 Å². The molecule has 0 bridgehead atoms. The van der Waals surface area contributed by atoms with Crippen LogP contribution in [0.4, 0.5) is 9.52 Å². The van der Waals surface area contributed by atoms with Gasteiger partial charge >= 0.3 is 5.91 Å². The van der Waals surface area contributed by atoms with Gasteiger partial charge in [-0.05, 0) is 65.7 Å². The van der Waals surface area contributed by atoms with Crippen LogP contribution in [0.5, 0.6) is 17.2 Å². The van der Waals surface area contributed by atoms with E-state index in [1.54, 1.807) is 48.5 Å². The van der Waals surface area contributed by atoms with Crippen LogP contribution in [-0.2, 0) is 15.3 Å². The van der Waals surface area contributed by atoms with Crippen molar-refractivity contribution in [2.75, 3.05) is 12.0 Å². The number of anilines is 1. The number of methoxy groups -OCH3 is 1. The maximum atomic E-state index is 14.6. The first-order valence-corrected chi connectivity index (χ1v) is 15.7. The van der Waals surface area contributed by atoms with Crippen LogP contribution in [0.2, 0.25) is 5.02 Å². The van der Waals surface area contributed by atoms with Crippen LogP contribution >= 0.6 is 34.7 Å². The van der Waals surface area contributed by atoms with E-state index < -0.39 is 29.3 Å². The zero-order chi connectivity index (χ0) is 31.5. The van der Waals surface area contributed by atoms with Gasteiger partial charge in [0.05, 0.1) is 18.7 Å². The van der Waals surface area contributed by atoms with E-state index in [2.05, 4.69) is 10.2 Å². The SMILES string of the molecule is COc1ccc(/C(O)=C2/C(=O)C(=O)N(c3nnc(SCc4ccc(Cl)cc4)s3)C2c2cccc(Oc3ccccc3)c2)cc1F. The minimum Gasteiger partial charge on any atom is -0.507 e. The number of aromatic nitrogens is 2. The fraction of sp³-hybridized carbons (Fsp3) is 0.0909. The van der Waals surface area contributed by atoms with Gasteiger partial charge in [0.1, 0.15) is 17.3 Å². The lowest BCUT2D eigenvalue weighted by Gasteiger charge is -2.23. The van der Waals surface area contributed by atoms with Gasteiger partial charge < -0.3 is 14.6 Å². The van der Waals surface area contributed by atoms with Crippen LogP contribution in [0, 0.1) is 5.82 Å². The quantitative estimate of drug-likeness (QED) is 0.0558. The van der Waals surface area contributed by atoms with Crippen LogP contribution in [-0.4, -0.2) is 34.1 Å². The van der Waals surface area contributed by atoms with E-state index in [0.717, 1.165) is 23.0 Å². The number of ketones is 1. The van der Waals surface area contributed by atoms with Crippen molar-refractivity contribution in [3.63, 3.8) is 0 Å². The van der Waals surface area contributed by atoms with Gasteiger partial charge in [0.15, 0.2) is 15.9 Å². The molecule has 1 unspecified atom stereocenters. The number of aliphatic hydroxyl groups excluding tert-OH is 1. The molecule has 1 amide bonds. The van der Waals surface area contributed by atoms with E-state index in [0.29, 0.717) is 32.2 Å². The maximum absolute atomic E-state index is 14.6. The molecule has 0 saturated carbocycles. The highest BCUT2D eigenvalue weighted by atomic mass is 35.5. The number of halogens is 2. The van der Waals surface area contributed by atoms with E-state index in [-0.39, 0.29) is 22.0 Å². The average Bonchev–Trinajstić information content (AvgIpc) is 3.62. The topological polar surface area (TPSA) is 102 Å². The molecular formula is C33H23ClFN3O5S2. The first-order chi connectivity index (χ1) is 21.8. The van der Waals surface area contributed by atoms with Crippen LogP contribution in [0.1, 0.15) is 22.7 Å². The molecule has 1 atom stereocenters. The lowest BCUT2D eigenvalue weighted by molar-refractivity contribution is -0.132. The van der Waals surface area contributed by atoms with Crippen LogP contribution < -0.4 is 14.4 Å². The van der Waals surface area contributed by atoms with Crippen molar-refractivity contribution < 1.29 is 28.6 Å². The Kier molecular flexibility index (Phi) is 8.83. The molecule has 1 aliphatic heterocycles. The van der Waals surface area contributed by atoms with E-state index in [1.807, 2.05) is 30.3 Å². The van der Waals surface area contributed by atoms with Gasteiger partial charge in [-0.2, -0.15) is 0 Å². The Labute approximate surface area is 270 Å². The molecule has 8 nitrogen and oxygen atoms in total. The van der Waals surface area contributed by atoms with Crippen LogP contribution in [0.25, 0.3) is 5.76 Å². The van der Waals surface area contributed by atoms with Crippen molar-refractivity contribution in [2.45, 2.75) is 16.1 Å². The van der Waals surface area contributed by atoms with Crippen molar-refractivity contribution in [1.82, 2.24) is 10.2 Å². The second-order valence-electron chi connectivity index (χ2n) is 9.77. The summed E-state index contributed by atoms with van der Waals surface area (Å²) in [6.45, 7) is 0. The van der Waals surface area contributed by atoms with Crippen molar-refractivity contribution in [2.24, 2.45) is 0 Å². The van der Waals surface area contributed by atoms with Crippen molar-refractivity contribution in [3.05, 3.63) is 130 Å². The van der Waals surface area contributed by atoms with Crippen molar-refractivity contribution >= 4 is 57.3 Å². The summed E-state index contributed by atoms with van der Waals surface area (Å²) >= 11 is 8.54. The highest BCUT2D eigenvalue weighted by molar-refractivity contribution is 8.00. The molecule has 6 rings (SSSR count). The van der Waals surface area contributed by atoms with Gasteiger partial charge in [-0.15, -0.1) is 10.2 Å². The normalized spacial score (nSPS) is 15.8. The summed E-state index contributed by atoms with van der Waals surface area (Å²) < 4.78 is 26.2. The highest BCUT2D eigenvalue weighted by Crippen LogP contribution is 2.45. The first-order valence-electron chi connectivity index (χ1n) is 13.5. The summed E-state index contributed by atoms with van der Waals surface area (Å²) in [4.78, 5) is 28.4. The zero-order valence-corrected chi connectivity index (χ0v) is 25.9. The number of rotatable bonds is 9. The molecular weight excluding hydrogens is 637 g/mol. The van der Waals surface area contributed by atoms with Gasteiger partial charge in [0, 0.05) is 16.3 Å². The second-order valence-corrected chi connectivity index (χ2v) is 12.4. The van der Waals surface area contributed by atoms with Gasteiger partial charge in [-0.1, -0.05) is 77.2 Å². The number of carbonyl (C=O) groups excluding carboxylic acids is 2. The number of para-hydroxylation sites is 1. The molecule has 12 heteroatoms. The second kappa shape index (κ2) is 13.1. The number of aliphatic hydroxyl groups is 1. The highest BCUT2D eigenvalue weighted by Gasteiger charge is 2.48. The minimum atomic E-state index is -1.11. The molecule has 0 spiro atoms. The van der Waals surface area contributed by atoms with E-state index in [9.17, 15) is 19.1 Å². The Bertz CT molecular complexity index is 1920. The fourth-order valence-electron chi connectivity index (χ4n) is 4.77. The average molecular weight is 660 g/mol. The van der Waals surface area contributed by atoms with Gasteiger partial charge in [0.2, 0.25) is 5.13 Å². The van der Waals surface area contributed by atoms with E-state index in [1.165, 1.54) is 35.9 Å². The predicted octanol–water partition coefficient (Wildman–Crippen LogP) is 8.05. The molecule has 2 heterocycles. The Morgan fingerprint density at radius 2 is 1.73 bits per heavy atom. The number of hydrogen-bond acceptors (Lipinski definition) is 9. The molecule has 1 saturated heterocycles. The molecule has 1 aliphatic rings. The van der Waals surface area contributed by atoms with Crippen LogP contribution in [0.3, 0.4) is 0 Å². The summed E-state index contributed by atoms with van der Waals surface area (Å²) in [6, 6.07) is 26.0. The predicted molar refractivity (Wildman–Crippen MR) is 172 cm³/mol. The molecule has 1 fully saturated rings. The lowest BCUT2D eigenvalue weighted by Crippen LogP contribution is -2.29. The largest absolute Gasteiger partial charge is 0.507 e. The monoisotopic (exact) mass is 659 g/mol. The Morgan fingerprint density at radius 1 is 0.978 bits per heavy atom. The molecule has 1 N–H and O–H groups in total. The Balaban J connectivity index is 1.40. The minimum absolute atomic E-state index is 0.00413. The van der Waals surface area contributed by atoms with Crippen molar-refractivity contribution in [3.8, 4) is 17.2 Å². The fourth-order valence-corrected chi connectivity index (χ4v) is 6.72. The summed E-state index contributed by atoms with van der Waals surface area (Å²) in [5, 5.41) is 20.7. The summed E-state index contributed by atoms with van der Waals surface area (Å²) in [6.07, 6.45) is 0. The Hall–Kier alpha value is -4.71. The third kappa shape index (κ3) is 6.41. The Morgan fingerprint density at radius 3 is 2.47 bits per heavy atom. The maximum Gasteiger partial charge on any atom is 0.301 e. The standard InChI is InChI=1S/C33H23ClFN3O5S2/c1-42-26-15-12-21(17-25(26)35)29(39)27-28(20-6-5-9-24(16-20)43-23-7-3-2-4-8-23)38(31(41)30(27)40)32-36-37-33(45-32)44-18-19-10-13-22(34)14-11-19/h2-17,28,39H,18H2,1H3/b29-27-. The van der Waals surface area contributed by atoms with E-state index >= 15 is 0 Å². The summed E-state index contributed by atoms with van der Waals surface area (Å²) in [5.41, 5.74) is 1.25. The molecule has 4 aromatic carbocycles. The number of thioether (sulfide) groups is 1. The number of amides is 1. The molecule has 0 radical (unpaired) electrons. The first kappa shape index (κ1) is 30.3. The lowest BCUT2D eigenvalue weighted by atomic mass is 9.95. The number of nitrogens with zero attached hydrogens (tertiary/aromatic N) is 3.